The van der Waals surface area contributed by atoms with Crippen molar-refractivity contribution < 1.29 is 18.7 Å². The lowest BCUT2D eigenvalue weighted by Gasteiger charge is -2.32. The van der Waals surface area contributed by atoms with Crippen molar-refractivity contribution in [3.63, 3.8) is 0 Å². The number of nitrogens with zero attached hydrogens (tertiary/aromatic N) is 1. The molecule has 1 N–H and O–H groups in total. The van der Waals surface area contributed by atoms with Gasteiger partial charge in [-0.25, -0.2) is 0 Å². The fourth-order valence-corrected chi connectivity index (χ4v) is 4.61. The number of furan rings is 1. The molecular formula is C22H27ClN2O4. The van der Waals surface area contributed by atoms with Crippen LogP contribution in [0.3, 0.4) is 0 Å². The van der Waals surface area contributed by atoms with Crippen molar-refractivity contribution in [1.29, 1.82) is 0 Å². The normalized spacial score (nSPS) is 20.6. The van der Waals surface area contributed by atoms with Gasteiger partial charge < -0.3 is 19.2 Å². The van der Waals surface area contributed by atoms with E-state index in [9.17, 15) is 4.79 Å². The van der Waals surface area contributed by atoms with Crippen LogP contribution >= 0.6 is 11.6 Å². The second kappa shape index (κ2) is 8.38. The zero-order chi connectivity index (χ0) is 20.4. The maximum absolute atomic E-state index is 12.7. The van der Waals surface area contributed by atoms with E-state index >= 15 is 0 Å². The second-order valence-electron chi connectivity index (χ2n) is 8.03. The summed E-state index contributed by atoms with van der Waals surface area (Å²) in [5.41, 5.74) is 0.867. The van der Waals surface area contributed by atoms with Crippen molar-refractivity contribution in [2.45, 2.75) is 32.4 Å². The van der Waals surface area contributed by atoms with E-state index in [0.29, 0.717) is 23.1 Å². The van der Waals surface area contributed by atoms with Gasteiger partial charge in [-0.15, -0.1) is 0 Å². The van der Waals surface area contributed by atoms with Crippen molar-refractivity contribution in [1.82, 2.24) is 4.90 Å². The Morgan fingerprint density at radius 1 is 1.24 bits per heavy atom. The smallest absolute Gasteiger partial charge is 0.228 e. The lowest BCUT2D eigenvalue weighted by atomic mass is 9.90. The van der Waals surface area contributed by atoms with Crippen LogP contribution in [-0.2, 0) is 22.7 Å². The number of amides is 1. The Labute approximate surface area is 176 Å². The summed E-state index contributed by atoms with van der Waals surface area (Å²) in [5.74, 6) is 2.60. The van der Waals surface area contributed by atoms with E-state index in [4.69, 9.17) is 25.5 Å². The van der Waals surface area contributed by atoms with E-state index in [0.717, 1.165) is 50.4 Å². The number of hydrogen-bond acceptors (Lipinski definition) is 5. The van der Waals surface area contributed by atoms with E-state index in [2.05, 4.69) is 10.2 Å². The SMILES string of the molecule is COCc1ccc(CN2CCC3(CC2)CC3C(=O)Nc2ccc(OC)c(Cl)c2)o1. The molecule has 7 heteroatoms. The summed E-state index contributed by atoms with van der Waals surface area (Å²) in [6, 6.07) is 9.31. The van der Waals surface area contributed by atoms with Gasteiger partial charge in [0, 0.05) is 18.7 Å². The molecule has 1 aliphatic carbocycles. The Bertz CT molecular complexity index is 873. The first-order chi connectivity index (χ1) is 14.0. The maximum Gasteiger partial charge on any atom is 0.228 e. The monoisotopic (exact) mass is 418 g/mol. The summed E-state index contributed by atoms with van der Waals surface area (Å²) in [6.45, 7) is 3.28. The molecule has 0 bridgehead atoms. The molecule has 0 radical (unpaired) electrons. The second-order valence-corrected chi connectivity index (χ2v) is 8.44. The van der Waals surface area contributed by atoms with Gasteiger partial charge in [0.25, 0.3) is 0 Å². The number of carbonyl (C=O) groups excluding carboxylic acids is 1. The van der Waals surface area contributed by atoms with E-state index in [1.54, 1.807) is 26.4 Å². The van der Waals surface area contributed by atoms with Crippen molar-refractivity contribution in [2.75, 3.05) is 32.6 Å². The fraction of sp³-hybridized carbons (Fsp3) is 0.500. The average molecular weight is 419 g/mol. The summed E-state index contributed by atoms with van der Waals surface area (Å²) in [4.78, 5) is 15.1. The van der Waals surface area contributed by atoms with Crippen LogP contribution in [0.2, 0.25) is 5.02 Å². The van der Waals surface area contributed by atoms with Crippen molar-refractivity contribution in [3.05, 3.63) is 46.9 Å². The molecule has 1 atom stereocenters. The topological polar surface area (TPSA) is 63.9 Å². The molecule has 29 heavy (non-hydrogen) atoms. The number of methoxy groups -OCH3 is 2. The number of piperidine rings is 1. The number of likely N-dealkylation sites (tertiary alicyclic amines) is 1. The molecule has 4 rings (SSSR count). The molecule has 6 nitrogen and oxygen atoms in total. The highest BCUT2D eigenvalue weighted by Gasteiger charge is 2.58. The third-order valence-corrected chi connectivity index (χ3v) is 6.46. The molecule has 1 spiro atoms. The molecule has 1 amide bonds. The number of anilines is 1. The highest BCUT2D eigenvalue weighted by atomic mass is 35.5. The minimum Gasteiger partial charge on any atom is -0.495 e. The molecule has 2 fully saturated rings. The molecule has 1 aromatic heterocycles. The van der Waals surface area contributed by atoms with E-state index < -0.39 is 0 Å². The standard InChI is InChI=1S/C22H27ClN2O4/c1-27-14-17-5-4-16(29-17)13-25-9-7-22(8-10-25)12-18(22)21(26)24-15-3-6-20(28-2)19(23)11-15/h3-6,11,18H,7-10,12-14H2,1-2H3,(H,24,26). The highest BCUT2D eigenvalue weighted by molar-refractivity contribution is 6.32. The van der Waals surface area contributed by atoms with Crippen LogP contribution in [0.1, 0.15) is 30.8 Å². The van der Waals surface area contributed by atoms with Gasteiger partial charge in [-0.3, -0.25) is 9.69 Å². The third kappa shape index (κ3) is 4.44. The Kier molecular flexibility index (Phi) is 5.86. The summed E-state index contributed by atoms with van der Waals surface area (Å²) >= 11 is 6.16. The quantitative estimate of drug-likeness (QED) is 0.725. The third-order valence-electron chi connectivity index (χ3n) is 6.16. The maximum atomic E-state index is 12.7. The van der Waals surface area contributed by atoms with Gasteiger partial charge in [-0.05, 0) is 68.1 Å². The fourth-order valence-electron chi connectivity index (χ4n) is 4.35. The zero-order valence-electron chi connectivity index (χ0n) is 16.9. The first-order valence-corrected chi connectivity index (χ1v) is 10.3. The molecule has 1 saturated carbocycles. The number of halogens is 1. The Morgan fingerprint density at radius 2 is 2.00 bits per heavy atom. The summed E-state index contributed by atoms with van der Waals surface area (Å²) in [5, 5.41) is 3.51. The van der Waals surface area contributed by atoms with E-state index in [1.807, 2.05) is 18.2 Å². The van der Waals surface area contributed by atoms with Crippen LogP contribution in [0.15, 0.2) is 34.7 Å². The average Bonchev–Trinajstić information content (AvgIpc) is 3.24. The molecule has 1 aliphatic heterocycles. The van der Waals surface area contributed by atoms with Gasteiger partial charge in [-0.2, -0.15) is 0 Å². The van der Waals surface area contributed by atoms with E-state index in [1.165, 1.54) is 0 Å². The lowest BCUT2D eigenvalue weighted by molar-refractivity contribution is -0.118. The molecule has 1 unspecified atom stereocenters. The Balaban J connectivity index is 1.27. The van der Waals surface area contributed by atoms with Gasteiger partial charge >= 0.3 is 0 Å². The molecular weight excluding hydrogens is 392 g/mol. The van der Waals surface area contributed by atoms with Crippen LogP contribution in [-0.4, -0.2) is 38.1 Å². The van der Waals surface area contributed by atoms with Crippen LogP contribution in [0.25, 0.3) is 0 Å². The Hall–Kier alpha value is -2.02. The number of benzene rings is 1. The molecule has 1 aromatic carbocycles. The van der Waals surface area contributed by atoms with Crippen molar-refractivity contribution in [2.24, 2.45) is 11.3 Å². The summed E-state index contributed by atoms with van der Waals surface area (Å²) in [6.07, 6.45) is 3.05. The molecule has 2 aliphatic rings. The van der Waals surface area contributed by atoms with Gasteiger partial charge in [0.05, 0.1) is 18.7 Å². The first-order valence-electron chi connectivity index (χ1n) is 9.96. The summed E-state index contributed by atoms with van der Waals surface area (Å²) < 4.78 is 16.1. The van der Waals surface area contributed by atoms with Crippen LogP contribution in [0.5, 0.6) is 5.75 Å². The molecule has 2 heterocycles. The van der Waals surface area contributed by atoms with Gasteiger partial charge in [0.1, 0.15) is 23.9 Å². The number of carbonyl (C=O) groups is 1. The first kappa shape index (κ1) is 20.3. The molecule has 156 valence electrons. The van der Waals surface area contributed by atoms with E-state index in [-0.39, 0.29) is 17.2 Å². The lowest BCUT2D eigenvalue weighted by Crippen LogP contribution is -2.35. The largest absolute Gasteiger partial charge is 0.495 e. The van der Waals surface area contributed by atoms with Crippen LogP contribution < -0.4 is 10.1 Å². The summed E-state index contributed by atoms with van der Waals surface area (Å²) in [7, 11) is 3.24. The van der Waals surface area contributed by atoms with Crippen molar-refractivity contribution >= 4 is 23.2 Å². The van der Waals surface area contributed by atoms with Crippen molar-refractivity contribution in [3.8, 4) is 5.75 Å². The van der Waals surface area contributed by atoms with Crippen LogP contribution in [0.4, 0.5) is 5.69 Å². The predicted molar refractivity (Wildman–Crippen MR) is 111 cm³/mol. The number of hydrogen-bond donors (Lipinski definition) is 1. The number of rotatable bonds is 7. The van der Waals surface area contributed by atoms with Gasteiger partial charge in [-0.1, -0.05) is 11.6 Å². The Morgan fingerprint density at radius 3 is 2.69 bits per heavy atom. The number of nitrogens with one attached hydrogen (secondary N) is 1. The predicted octanol–water partition coefficient (Wildman–Crippen LogP) is 4.33. The number of ether oxygens (including phenoxy) is 2. The minimum atomic E-state index is 0.0856. The van der Waals surface area contributed by atoms with Gasteiger partial charge in [0.2, 0.25) is 5.91 Å². The zero-order valence-corrected chi connectivity index (χ0v) is 17.6. The molecule has 2 aromatic rings. The minimum absolute atomic E-state index is 0.0856. The van der Waals surface area contributed by atoms with Gasteiger partial charge in [0.15, 0.2) is 0 Å². The van der Waals surface area contributed by atoms with Crippen LogP contribution in [0, 0.1) is 11.3 Å². The highest BCUT2D eigenvalue weighted by Crippen LogP contribution is 2.59. The molecule has 1 saturated heterocycles.